The van der Waals surface area contributed by atoms with E-state index in [0.29, 0.717) is 53.5 Å². The van der Waals surface area contributed by atoms with Gasteiger partial charge in [0.05, 0.1) is 22.3 Å². The number of carbonyl (C=O) groups is 4. The number of hydrogen-bond donors (Lipinski definition) is 0. The summed E-state index contributed by atoms with van der Waals surface area (Å²) in [7, 11) is 0. The Morgan fingerprint density at radius 1 is 0.543 bits per heavy atom. The zero-order chi connectivity index (χ0) is 32.5. The van der Waals surface area contributed by atoms with Gasteiger partial charge in [0, 0.05) is 44.0 Å². The molecule has 0 fully saturated rings. The third-order valence-electron chi connectivity index (χ3n) is 9.23. The third kappa shape index (κ3) is 5.18. The van der Waals surface area contributed by atoms with Crippen LogP contribution in [-0.4, -0.2) is 46.5 Å². The average Bonchev–Trinajstić information content (AvgIpc) is 3.68. The van der Waals surface area contributed by atoms with Crippen molar-refractivity contribution in [2.24, 2.45) is 0 Å². The first-order valence-electron chi connectivity index (χ1n) is 16.4. The van der Waals surface area contributed by atoms with Crippen molar-refractivity contribution in [1.29, 1.82) is 10.5 Å². The maximum Gasteiger partial charge on any atom is 0.262 e. The topological polar surface area (TPSA) is 122 Å². The Morgan fingerprint density at radius 3 is 1.26 bits per heavy atom. The van der Waals surface area contributed by atoms with Crippen LogP contribution in [0.15, 0.2) is 12.1 Å². The number of fused-ring (bicyclic) bond motifs is 6. The molecule has 0 unspecified atom stereocenters. The summed E-state index contributed by atoms with van der Waals surface area (Å²) < 4.78 is 0.961. The largest absolute Gasteiger partial charge is 0.274 e. The zero-order valence-corrected chi connectivity index (χ0v) is 27.9. The minimum Gasteiger partial charge on any atom is -0.274 e. The number of rotatable bonds is 14. The van der Waals surface area contributed by atoms with Gasteiger partial charge in [0.25, 0.3) is 23.6 Å². The lowest BCUT2D eigenvalue weighted by molar-refractivity contribution is 0.0590. The fraction of sp³-hybridized carbons (Fsp3) is 0.444. The highest BCUT2D eigenvalue weighted by Gasteiger charge is 2.44. The molecule has 236 valence electrons. The van der Waals surface area contributed by atoms with Gasteiger partial charge in [-0.1, -0.05) is 78.1 Å². The van der Waals surface area contributed by atoms with E-state index in [1.807, 2.05) is 0 Å². The Labute approximate surface area is 276 Å². The summed E-state index contributed by atoms with van der Waals surface area (Å²) in [6.07, 6.45) is 11.9. The molecule has 2 aliphatic heterocycles. The molecule has 8 nitrogen and oxygen atoms in total. The summed E-state index contributed by atoms with van der Waals surface area (Å²) in [5.74, 6) is -1.88. The number of benzene rings is 2. The van der Waals surface area contributed by atoms with Crippen LogP contribution in [-0.2, 0) is 0 Å². The van der Waals surface area contributed by atoms with Crippen molar-refractivity contribution >= 4 is 77.2 Å². The lowest BCUT2D eigenvalue weighted by atomic mass is 9.82. The molecule has 0 aliphatic carbocycles. The lowest BCUT2D eigenvalue weighted by Crippen LogP contribution is -2.44. The van der Waals surface area contributed by atoms with E-state index in [0.717, 1.165) is 86.9 Å². The molecule has 10 heteroatoms. The van der Waals surface area contributed by atoms with Crippen LogP contribution in [0, 0.1) is 22.7 Å². The molecule has 0 atom stereocenters. The zero-order valence-electron chi connectivity index (χ0n) is 26.3. The summed E-state index contributed by atoms with van der Waals surface area (Å²) in [4.78, 5) is 60.4. The molecule has 46 heavy (non-hydrogen) atoms. The Balaban J connectivity index is 1.55. The Bertz CT molecular complexity index is 1760. The molecule has 6 rings (SSSR count). The van der Waals surface area contributed by atoms with E-state index < -0.39 is 23.6 Å². The molecule has 0 radical (unpaired) electrons. The molecule has 0 N–H and O–H groups in total. The molecular weight excluding hydrogens is 617 g/mol. The van der Waals surface area contributed by atoms with Crippen molar-refractivity contribution in [3.8, 4) is 12.1 Å². The molecule has 2 aromatic carbocycles. The van der Waals surface area contributed by atoms with Crippen molar-refractivity contribution in [3.05, 3.63) is 44.1 Å². The number of thiophene rings is 2. The molecule has 0 spiro atoms. The highest BCUT2D eigenvalue weighted by Crippen LogP contribution is 2.50. The highest BCUT2D eigenvalue weighted by molar-refractivity contribution is 7.20. The van der Waals surface area contributed by atoms with Gasteiger partial charge < -0.3 is 0 Å². The van der Waals surface area contributed by atoms with Gasteiger partial charge in [-0.3, -0.25) is 29.0 Å². The predicted octanol–water partition coefficient (Wildman–Crippen LogP) is 8.93. The van der Waals surface area contributed by atoms with Crippen LogP contribution in [0.1, 0.15) is 142 Å². The molecule has 0 bridgehead atoms. The van der Waals surface area contributed by atoms with Crippen molar-refractivity contribution in [2.45, 2.75) is 90.9 Å². The Hall–Kier alpha value is -4.12. The van der Waals surface area contributed by atoms with E-state index in [-0.39, 0.29) is 35.3 Å². The van der Waals surface area contributed by atoms with Crippen LogP contribution < -0.4 is 0 Å². The molecule has 4 amide bonds. The van der Waals surface area contributed by atoms with Crippen molar-refractivity contribution < 1.29 is 19.2 Å². The third-order valence-corrected chi connectivity index (χ3v) is 11.3. The van der Waals surface area contributed by atoms with Crippen molar-refractivity contribution in [2.75, 3.05) is 13.1 Å². The number of hydrogen-bond acceptors (Lipinski definition) is 8. The standard InChI is InChI=1S/C36H36N4O4S2/c1-3-5-7-9-11-13-15-39-33(41)25-23-17-21(19-37)46-32(23)30-28-26(34(42)40(36(30)44)16-14-12-10-8-6-4-2)24-18-22(20-38)45-31(24)29(27(25)28)35(39)43/h17-18H,3-16H2,1-2H3. The van der Waals surface area contributed by atoms with Crippen LogP contribution in [0.25, 0.3) is 30.9 Å². The lowest BCUT2D eigenvalue weighted by Gasteiger charge is -2.33. The van der Waals surface area contributed by atoms with Crippen LogP contribution >= 0.6 is 22.7 Å². The number of nitrogens with zero attached hydrogens (tertiary/aromatic N) is 4. The first-order valence-corrected chi connectivity index (χ1v) is 18.1. The fourth-order valence-corrected chi connectivity index (χ4v) is 8.97. The van der Waals surface area contributed by atoms with Gasteiger partial charge >= 0.3 is 0 Å². The van der Waals surface area contributed by atoms with Gasteiger partial charge in [-0.05, 0) is 25.0 Å². The monoisotopic (exact) mass is 652 g/mol. The van der Waals surface area contributed by atoms with Gasteiger partial charge in [0.1, 0.15) is 21.9 Å². The summed E-state index contributed by atoms with van der Waals surface area (Å²) in [5.41, 5.74) is 1.04. The normalized spacial score (nSPS) is 14.3. The molecule has 2 aromatic heterocycles. The van der Waals surface area contributed by atoms with E-state index in [2.05, 4.69) is 26.0 Å². The fourth-order valence-electron chi connectivity index (χ4n) is 6.96. The number of imide groups is 2. The first-order chi connectivity index (χ1) is 22.4. The summed E-state index contributed by atoms with van der Waals surface area (Å²) in [6.45, 7) is 4.79. The maximum atomic E-state index is 14.3. The minimum atomic E-state index is -0.471. The second-order valence-electron chi connectivity index (χ2n) is 12.2. The SMILES string of the molecule is CCCCCCCCN1C(=O)c2c3cc(C#N)sc3c3c4c(c5cc(C#N)sc5c(c24)C1=O)C(=O)N(CCCCCCCC)C3=O. The van der Waals surface area contributed by atoms with Gasteiger partial charge in [0.15, 0.2) is 0 Å². The predicted molar refractivity (Wildman–Crippen MR) is 182 cm³/mol. The smallest absolute Gasteiger partial charge is 0.262 e. The van der Waals surface area contributed by atoms with Gasteiger partial charge in [0.2, 0.25) is 0 Å². The van der Waals surface area contributed by atoms with Crippen molar-refractivity contribution in [3.63, 3.8) is 0 Å². The summed E-state index contributed by atoms with van der Waals surface area (Å²) >= 11 is 2.27. The number of amides is 4. The second-order valence-corrected chi connectivity index (χ2v) is 14.3. The van der Waals surface area contributed by atoms with E-state index >= 15 is 0 Å². The molecule has 4 aromatic rings. The molecule has 4 heterocycles. The van der Waals surface area contributed by atoms with Gasteiger partial charge in [-0.25, -0.2) is 0 Å². The summed E-state index contributed by atoms with van der Waals surface area (Å²) in [6, 6.07) is 7.60. The maximum absolute atomic E-state index is 14.3. The van der Waals surface area contributed by atoms with Crippen LogP contribution in [0.4, 0.5) is 0 Å². The summed E-state index contributed by atoms with van der Waals surface area (Å²) in [5, 5.41) is 21.3. The van der Waals surface area contributed by atoms with E-state index in [9.17, 15) is 29.7 Å². The molecule has 0 saturated heterocycles. The minimum absolute atomic E-state index is 0.243. The highest BCUT2D eigenvalue weighted by atomic mass is 32.1. The van der Waals surface area contributed by atoms with Crippen LogP contribution in [0.5, 0.6) is 0 Å². The van der Waals surface area contributed by atoms with Gasteiger partial charge in [-0.2, -0.15) is 10.5 Å². The molecular formula is C36H36N4O4S2. The van der Waals surface area contributed by atoms with Crippen molar-refractivity contribution in [1.82, 2.24) is 9.80 Å². The number of carbonyl (C=O) groups excluding carboxylic acids is 4. The van der Waals surface area contributed by atoms with Crippen LogP contribution in [0.3, 0.4) is 0 Å². The Kier molecular flexibility index (Phi) is 9.22. The quantitative estimate of drug-likeness (QED) is 0.0990. The van der Waals surface area contributed by atoms with Gasteiger partial charge in [-0.15, -0.1) is 22.7 Å². The average molecular weight is 653 g/mol. The van der Waals surface area contributed by atoms with E-state index in [1.54, 1.807) is 12.1 Å². The molecule has 0 saturated carbocycles. The Morgan fingerprint density at radius 2 is 0.891 bits per heavy atom. The number of unbranched alkanes of at least 4 members (excludes halogenated alkanes) is 10. The number of nitriles is 2. The van der Waals surface area contributed by atoms with Crippen LogP contribution in [0.2, 0.25) is 0 Å². The van der Waals surface area contributed by atoms with E-state index in [4.69, 9.17) is 0 Å². The van der Waals surface area contributed by atoms with E-state index in [1.165, 1.54) is 9.80 Å². The first kappa shape index (κ1) is 31.8. The second kappa shape index (κ2) is 13.3. The molecule has 2 aliphatic rings.